The van der Waals surface area contributed by atoms with E-state index in [0.717, 1.165) is 19.4 Å². The zero-order valence-corrected chi connectivity index (χ0v) is 10.2. The van der Waals surface area contributed by atoms with Crippen molar-refractivity contribution < 1.29 is 13.8 Å². The van der Waals surface area contributed by atoms with Gasteiger partial charge in [0.1, 0.15) is 6.10 Å². The molecule has 2 aliphatic heterocycles. The highest BCUT2D eigenvalue weighted by molar-refractivity contribution is 8.08. The molecule has 2 fully saturated rings. The Morgan fingerprint density at radius 1 is 1.36 bits per heavy atom. The van der Waals surface area contributed by atoms with Gasteiger partial charge in [-0.25, -0.2) is 4.67 Å². The second-order valence-corrected chi connectivity index (χ2v) is 7.40. The molecule has 0 N–H and O–H groups in total. The van der Waals surface area contributed by atoms with Crippen LogP contribution < -0.4 is 0 Å². The first-order valence-electron chi connectivity index (χ1n) is 4.84. The van der Waals surface area contributed by atoms with Gasteiger partial charge >= 0.3 is 0 Å². The molecule has 0 radical (unpaired) electrons. The minimum absolute atomic E-state index is 0.0970. The van der Waals surface area contributed by atoms with E-state index in [2.05, 4.69) is 0 Å². The first kappa shape index (κ1) is 11.0. The van der Waals surface area contributed by atoms with E-state index in [1.165, 1.54) is 0 Å². The lowest BCUT2D eigenvalue weighted by Gasteiger charge is -2.42. The lowest BCUT2D eigenvalue weighted by molar-refractivity contribution is -0.106. The molecule has 3 atom stereocenters. The van der Waals surface area contributed by atoms with Gasteiger partial charge in [0.05, 0.1) is 12.7 Å². The van der Waals surface area contributed by atoms with Crippen LogP contribution in [0.2, 0.25) is 0 Å². The summed E-state index contributed by atoms with van der Waals surface area (Å²) in [4.78, 5) is 0. The summed E-state index contributed by atoms with van der Waals surface area (Å²) in [5.74, 6) is 0. The van der Waals surface area contributed by atoms with Crippen LogP contribution >= 0.6 is 6.64 Å². The number of nitrogens with zero attached hydrogens (tertiary/aromatic N) is 1. The third-order valence-electron chi connectivity index (χ3n) is 2.54. The van der Waals surface area contributed by atoms with Crippen LogP contribution in [0.4, 0.5) is 0 Å². The van der Waals surface area contributed by atoms with Crippen LogP contribution in [0.5, 0.6) is 0 Å². The summed E-state index contributed by atoms with van der Waals surface area (Å²) in [7, 11) is 3.82. The normalized spacial score (nSPS) is 43.6. The van der Waals surface area contributed by atoms with Crippen molar-refractivity contribution in [2.75, 3.05) is 27.3 Å². The zero-order valence-electron chi connectivity index (χ0n) is 8.51. The molecule has 0 aromatic heterocycles. The minimum Gasteiger partial charge on any atom is -0.373 e. The maximum atomic E-state index is 5.84. The molecule has 0 saturated carbocycles. The Morgan fingerprint density at radius 2 is 2.14 bits per heavy atom. The topological polar surface area (TPSA) is 30.9 Å². The molecular formula is C8H16NO3PS. The van der Waals surface area contributed by atoms with Crippen molar-refractivity contribution in [1.29, 1.82) is 0 Å². The molecule has 14 heavy (non-hydrogen) atoms. The number of ether oxygens (including phenoxy) is 1. The Bertz CT molecular complexity index is 261. The van der Waals surface area contributed by atoms with Gasteiger partial charge in [0.15, 0.2) is 0 Å². The number of hydrogen-bond donors (Lipinski definition) is 0. The minimum atomic E-state index is -2.19. The highest BCUT2D eigenvalue weighted by Crippen LogP contribution is 2.55. The van der Waals surface area contributed by atoms with Crippen LogP contribution in [-0.2, 0) is 25.6 Å². The summed E-state index contributed by atoms with van der Waals surface area (Å²) in [5.41, 5.74) is 0. The van der Waals surface area contributed by atoms with Gasteiger partial charge in [0.25, 0.3) is 6.64 Å². The lowest BCUT2D eigenvalue weighted by atomic mass is 10.1. The molecule has 0 spiro atoms. The average molecular weight is 237 g/mol. The molecule has 1 unspecified atom stereocenters. The third kappa shape index (κ3) is 2.03. The smallest absolute Gasteiger partial charge is 0.263 e. The van der Waals surface area contributed by atoms with E-state index >= 15 is 0 Å². The molecule has 4 nitrogen and oxygen atoms in total. The monoisotopic (exact) mass is 237 g/mol. The Labute approximate surface area is 89.7 Å². The molecule has 82 valence electrons. The molecule has 0 amide bonds. The molecule has 0 aromatic carbocycles. The molecule has 2 aliphatic rings. The summed E-state index contributed by atoms with van der Waals surface area (Å²) >= 11 is 5.38. The summed E-state index contributed by atoms with van der Waals surface area (Å²) in [6, 6.07) is 0. The summed E-state index contributed by atoms with van der Waals surface area (Å²) in [6.45, 7) is -0.786. The molecule has 6 heteroatoms. The van der Waals surface area contributed by atoms with E-state index in [1.54, 1.807) is 0 Å². The summed E-state index contributed by atoms with van der Waals surface area (Å²) in [6.07, 6.45) is 2.34. The van der Waals surface area contributed by atoms with Gasteiger partial charge in [-0.2, -0.15) is 0 Å². The Balaban J connectivity index is 2.05. The van der Waals surface area contributed by atoms with Gasteiger partial charge < -0.3 is 13.8 Å². The van der Waals surface area contributed by atoms with E-state index in [9.17, 15) is 0 Å². The second-order valence-electron chi connectivity index (χ2n) is 3.81. The second kappa shape index (κ2) is 4.16. The fourth-order valence-corrected chi connectivity index (χ4v) is 3.58. The Kier molecular flexibility index (Phi) is 3.27. The summed E-state index contributed by atoms with van der Waals surface area (Å²) < 4.78 is 18.9. The number of rotatable bonds is 1. The maximum absolute atomic E-state index is 5.84. The van der Waals surface area contributed by atoms with E-state index in [4.69, 9.17) is 25.6 Å². The van der Waals surface area contributed by atoms with Gasteiger partial charge in [-0.15, -0.1) is 0 Å². The van der Waals surface area contributed by atoms with Crippen molar-refractivity contribution in [1.82, 2.24) is 4.67 Å². The quantitative estimate of drug-likeness (QED) is 0.643. The largest absolute Gasteiger partial charge is 0.373 e. The standard InChI is InChI=1S/C8H16NO3PS/c1-9(2)13(14)11-6-8-7(12-13)4-3-5-10-8/h7-8H,3-6H2,1-2H3/t7-,8+,13?/m0/s1. The van der Waals surface area contributed by atoms with Crippen LogP contribution in [-0.4, -0.2) is 44.2 Å². The molecule has 2 rings (SSSR count). The first-order chi connectivity index (χ1) is 6.62. The molecule has 0 bridgehead atoms. The van der Waals surface area contributed by atoms with E-state index < -0.39 is 6.64 Å². The molecule has 2 saturated heterocycles. The van der Waals surface area contributed by atoms with Crippen molar-refractivity contribution in [3.8, 4) is 0 Å². The molecule has 2 heterocycles. The number of fused-ring (bicyclic) bond motifs is 1. The zero-order chi connectivity index (χ0) is 10.2. The third-order valence-corrected chi connectivity index (χ3v) is 6.09. The first-order valence-corrected chi connectivity index (χ1v) is 7.43. The predicted molar refractivity (Wildman–Crippen MR) is 57.8 cm³/mol. The molecule has 0 aromatic rings. The maximum Gasteiger partial charge on any atom is 0.263 e. The lowest BCUT2D eigenvalue weighted by Crippen LogP contribution is -2.43. The van der Waals surface area contributed by atoms with Crippen LogP contribution in [0.3, 0.4) is 0 Å². The highest BCUT2D eigenvalue weighted by atomic mass is 32.5. The van der Waals surface area contributed by atoms with Gasteiger partial charge in [-0.05, 0) is 38.7 Å². The Morgan fingerprint density at radius 3 is 2.86 bits per heavy atom. The fourth-order valence-electron chi connectivity index (χ4n) is 1.67. The van der Waals surface area contributed by atoms with E-state index in [1.807, 2.05) is 18.8 Å². The van der Waals surface area contributed by atoms with Crippen molar-refractivity contribution in [3.63, 3.8) is 0 Å². The highest BCUT2D eigenvalue weighted by Gasteiger charge is 2.39. The van der Waals surface area contributed by atoms with Crippen LogP contribution in [0.25, 0.3) is 0 Å². The fraction of sp³-hybridized carbons (Fsp3) is 1.00. The van der Waals surface area contributed by atoms with Gasteiger partial charge in [-0.1, -0.05) is 0 Å². The van der Waals surface area contributed by atoms with Crippen LogP contribution in [0.1, 0.15) is 12.8 Å². The van der Waals surface area contributed by atoms with E-state index in [-0.39, 0.29) is 12.2 Å². The average Bonchev–Trinajstić information content (AvgIpc) is 2.17. The SMILES string of the molecule is CN(C)P1(=S)OC[C@H]2OCCC[C@@H]2O1. The van der Waals surface area contributed by atoms with Gasteiger partial charge in [0.2, 0.25) is 0 Å². The van der Waals surface area contributed by atoms with Gasteiger partial charge in [0, 0.05) is 6.61 Å². The van der Waals surface area contributed by atoms with Crippen molar-refractivity contribution in [2.45, 2.75) is 25.0 Å². The van der Waals surface area contributed by atoms with E-state index in [0.29, 0.717) is 6.61 Å². The predicted octanol–water partition coefficient (Wildman–Crippen LogP) is 1.37. The number of hydrogen-bond acceptors (Lipinski definition) is 4. The molecule has 0 aliphatic carbocycles. The summed E-state index contributed by atoms with van der Waals surface area (Å²) in [5, 5.41) is 0. The van der Waals surface area contributed by atoms with Gasteiger partial charge in [-0.3, -0.25) is 0 Å². The van der Waals surface area contributed by atoms with Crippen molar-refractivity contribution >= 4 is 18.4 Å². The molecular weight excluding hydrogens is 221 g/mol. The van der Waals surface area contributed by atoms with Crippen molar-refractivity contribution in [2.24, 2.45) is 0 Å². The van der Waals surface area contributed by atoms with Crippen LogP contribution in [0.15, 0.2) is 0 Å². The Hall–Kier alpha value is 0.490. The van der Waals surface area contributed by atoms with Crippen molar-refractivity contribution in [3.05, 3.63) is 0 Å². The van der Waals surface area contributed by atoms with Crippen LogP contribution in [0, 0.1) is 0 Å².